The smallest absolute Gasteiger partial charge is 0.162 e. The van der Waals surface area contributed by atoms with Gasteiger partial charge in [-0.3, -0.25) is 15.5 Å². The Morgan fingerprint density at radius 2 is 2.10 bits per heavy atom. The lowest BCUT2D eigenvalue weighted by Crippen LogP contribution is -2.32. The van der Waals surface area contributed by atoms with Crippen LogP contribution in [0.15, 0.2) is 24.5 Å². The van der Waals surface area contributed by atoms with Gasteiger partial charge >= 0.3 is 0 Å². The highest BCUT2D eigenvalue weighted by Gasteiger charge is 2.24. The molecule has 0 fully saturated rings. The van der Waals surface area contributed by atoms with Gasteiger partial charge in [0.1, 0.15) is 17.6 Å². The Labute approximate surface area is 116 Å². The summed E-state index contributed by atoms with van der Waals surface area (Å²) in [7, 11) is 1.57. The van der Waals surface area contributed by atoms with Gasteiger partial charge in [0, 0.05) is 6.04 Å². The summed E-state index contributed by atoms with van der Waals surface area (Å²) in [6.07, 6.45) is 2.78. The maximum absolute atomic E-state index is 13.0. The molecule has 0 aliphatic rings. The maximum atomic E-state index is 13.0. The van der Waals surface area contributed by atoms with Crippen LogP contribution < -0.4 is 16.0 Å². The van der Waals surface area contributed by atoms with Crippen LogP contribution in [-0.4, -0.2) is 21.9 Å². The number of rotatable bonds is 5. The molecule has 0 aliphatic heterocycles. The Morgan fingerprint density at radius 3 is 2.60 bits per heavy atom. The third kappa shape index (κ3) is 2.63. The standard InChI is InChI=1S/C13H18FN5O/c1-8(2)19-13(11(20-3)7-17-19)12(18-15)10-5-4-9(14)6-16-10/h4-8,12,18H,15H2,1-3H3. The van der Waals surface area contributed by atoms with Crippen LogP contribution in [0.25, 0.3) is 0 Å². The Bertz CT molecular complexity index is 567. The number of methoxy groups -OCH3 is 1. The molecule has 0 bridgehead atoms. The van der Waals surface area contributed by atoms with Gasteiger partial charge in [-0.2, -0.15) is 5.10 Å². The van der Waals surface area contributed by atoms with Gasteiger partial charge in [-0.15, -0.1) is 0 Å². The van der Waals surface area contributed by atoms with Gasteiger partial charge in [0.2, 0.25) is 0 Å². The second-order valence-corrected chi connectivity index (χ2v) is 4.64. The Kier molecular flexibility index (Phi) is 4.31. The molecule has 1 atom stereocenters. The molecule has 0 radical (unpaired) electrons. The molecular weight excluding hydrogens is 261 g/mol. The molecule has 7 heteroatoms. The number of nitrogens with one attached hydrogen (secondary N) is 1. The van der Waals surface area contributed by atoms with Gasteiger partial charge in [-0.25, -0.2) is 9.82 Å². The minimum atomic E-state index is -0.435. The maximum Gasteiger partial charge on any atom is 0.162 e. The molecule has 0 aliphatic carbocycles. The molecule has 6 nitrogen and oxygen atoms in total. The van der Waals surface area contributed by atoms with Crippen molar-refractivity contribution in [3.8, 4) is 5.75 Å². The number of hydrazine groups is 1. The first-order valence-electron chi connectivity index (χ1n) is 6.27. The van der Waals surface area contributed by atoms with Gasteiger partial charge in [0.15, 0.2) is 5.75 Å². The van der Waals surface area contributed by atoms with E-state index in [1.54, 1.807) is 24.1 Å². The van der Waals surface area contributed by atoms with E-state index < -0.39 is 11.9 Å². The zero-order valence-electron chi connectivity index (χ0n) is 11.7. The summed E-state index contributed by atoms with van der Waals surface area (Å²) < 4.78 is 20.1. The highest BCUT2D eigenvalue weighted by Crippen LogP contribution is 2.30. The van der Waals surface area contributed by atoms with Crippen LogP contribution in [0.3, 0.4) is 0 Å². The van der Waals surface area contributed by atoms with Gasteiger partial charge < -0.3 is 4.74 Å². The predicted octanol–water partition coefficient (Wildman–Crippen LogP) is 1.56. The average molecular weight is 279 g/mol. The van der Waals surface area contributed by atoms with Crippen LogP contribution in [0.5, 0.6) is 5.75 Å². The Hall–Kier alpha value is -1.99. The van der Waals surface area contributed by atoms with Crippen molar-refractivity contribution >= 4 is 0 Å². The molecule has 0 aromatic carbocycles. The summed E-state index contributed by atoms with van der Waals surface area (Å²) in [5, 5.41) is 4.29. The predicted molar refractivity (Wildman–Crippen MR) is 72.5 cm³/mol. The number of hydrogen-bond donors (Lipinski definition) is 2. The van der Waals surface area contributed by atoms with Crippen molar-refractivity contribution in [2.75, 3.05) is 7.11 Å². The quantitative estimate of drug-likeness (QED) is 0.641. The molecule has 2 heterocycles. The number of nitrogens with zero attached hydrogens (tertiary/aromatic N) is 3. The first-order valence-corrected chi connectivity index (χ1v) is 6.27. The topological polar surface area (TPSA) is 78.0 Å². The number of pyridine rings is 1. The second kappa shape index (κ2) is 5.98. The van der Waals surface area contributed by atoms with E-state index in [0.29, 0.717) is 11.4 Å². The van der Waals surface area contributed by atoms with Gasteiger partial charge in [-0.1, -0.05) is 0 Å². The summed E-state index contributed by atoms with van der Waals surface area (Å²) in [4.78, 5) is 4.07. The summed E-state index contributed by atoms with van der Waals surface area (Å²) in [5.74, 6) is 5.86. The summed E-state index contributed by atoms with van der Waals surface area (Å²) in [6, 6.07) is 2.62. The van der Waals surface area contributed by atoms with E-state index in [0.717, 1.165) is 11.9 Å². The molecule has 3 N–H and O–H groups in total. The van der Waals surface area contributed by atoms with E-state index in [-0.39, 0.29) is 6.04 Å². The third-order valence-corrected chi connectivity index (χ3v) is 2.99. The summed E-state index contributed by atoms with van der Waals surface area (Å²) in [6.45, 7) is 4.00. The highest BCUT2D eigenvalue weighted by atomic mass is 19.1. The molecule has 20 heavy (non-hydrogen) atoms. The molecule has 2 aromatic rings. The molecule has 0 amide bonds. The molecule has 0 spiro atoms. The van der Waals surface area contributed by atoms with Crippen molar-refractivity contribution in [3.63, 3.8) is 0 Å². The van der Waals surface area contributed by atoms with E-state index >= 15 is 0 Å². The van der Waals surface area contributed by atoms with Crippen molar-refractivity contribution in [2.24, 2.45) is 5.84 Å². The van der Waals surface area contributed by atoms with Crippen molar-refractivity contribution in [1.82, 2.24) is 20.2 Å². The molecule has 0 saturated carbocycles. The second-order valence-electron chi connectivity index (χ2n) is 4.64. The fourth-order valence-electron chi connectivity index (χ4n) is 2.06. The van der Waals surface area contributed by atoms with Crippen LogP contribution >= 0.6 is 0 Å². The Balaban J connectivity index is 2.50. The molecular formula is C13H18FN5O. The van der Waals surface area contributed by atoms with Crippen LogP contribution in [0.1, 0.15) is 37.3 Å². The molecule has 1 unspecified atom stereocenters. The summed E-state index contributed by atoms with van der Waals surface area (Å²) in [5.41, 5.74) is 4.03. The number of halogens is 1. The van der Waals surface area contributed by atoms with E-state index in [2.05, 4.69) is 15.5 Å². The number of ether oxygens (including phenoxy) is 1. The van der Waals surface area contributed by atoms with Crippen molar-refractivity contribution in [3.05, 3.63) is 41.7 Å². The Morgan fingerprint density at radius 1 is 1.35 bits per heavy atom. The van der Waals surface area contributed by atoms with Crippen LogP contribution in [0, 0.1) is 5.82 Å². The van der Waals surface area contributed by atoms with Crippen LogP contribution in [-0.2, 0) is 0 Å². The summed E-state index contributed by atoms with van der Waals surface area (Å²) >= 11 is 0. The molecule has 0 saturated heterocycles. The van der Waals surface area contributed by atoms with Crippen molar-refractivity contribution in [2.45, 2.75) is 25.9 Å². The highest BCUT2D eigenvalue weighted by molar-refractivity contribution is 5.34. The van der Waals surface area contributed by atoms with Crippen molar-refractivity contribution in [1.29, 1.82) is 0 Å². The lowest BCUT2D eigenvalue weighted by Gasteiger charge is -2.20. The average Bonchev–Trinajstić information content (AvgIpc) is 2.86. The SMILES string of the molecule is COc1cnn(C(C)C)c1C(NN)c1ccc(F)cn1. The zero-order valence-corrected chi connectivity index (χ0v) is 11.7. The van der Waals surface area contributed by atoms with E-state index in [4.69, 9.17) is 10.6 Å². The van der Waals surface area contributed by atoms with Gasteiger partial charge in [0.05, 0.1) is 25.2 Å². The van der Waals surface area contributed by atoms with Gasteiger partial charge in [0.25, 0.3) is 0 Å². The van der Waals surface area contributed by atoms with Crippen LogP contribution in [0.2, 0.25) is 0 Å². The largest absolute Gasteiger partial charge is 0.493 e. The first kappa shape index (κ1) is 14.4. The lowest BCUT2D eigenvalue weighted by atomic mass is 10.1. The van der Waals surface area contributed by atoms with Crippen LogP contribution in [0.4, 0.5) is 4.39 Å². The lowest BCUT2D eigenvalue weighted by molar-refractivity contribution is 0.393. The number of aromatic nitrogens is 3. The number of hydrogen-bond acceptors (Lipinski definition) is 5. The first-order chi connectivity index (χ1) is 9.58. The fraction of sp³-hybridized carbons (Fsp3) is 0.385. The third-order valence-electron chi connectivity index (χ3n) is 2.99. The van der Waals surface area contributed by atoms with E-state index in [9.17, 15) is 4.39 Å². The van der Waals surface area contributed by atoms with E-state index in [1.165, 1.54) is 6.07 Å². The van der Waals surface area contributed by atoms with E-state index in [1.807, 2.05) is 13.8 Å². The molecule has 2 rings (SSSR count). The molecule has 108 valence electrons. The molecule has 2 aromatic heterocycles. The minimum Gasteiger partial charge on any atom is -0.493 e. The fourth-order valence-corrected chi connectivity index (χ4v) is 2.06. The normalized spacial score (nSPS) is 12.7. The zero-order chi connectivity index (χ0) is 14.7. The minimum absolute atomic E-state index is 0.130. The monoisotopic (exact) mass is 279 g/mol. The number of nitrogens with two attached hydrogens (primary N) is 1. The van der Waals surface area contributed by atoms with Gasteiger partial charge in [-0.05, 0) is 26.0 Å². The van der Waals surface area contributed by atoms with Crippen molar-refractivity contribution < 1.29 is 9.13 Å².